The summed E-state index contributed by atoms with van der Waals surface area (Å²) in [5, 5.41) is 13.8. The Morgan fingerprint density at radius 2 is 1.71 bits per heavy atom. The molecule has 6 heteroatoms. The molecule has 1 atom stereocenters. The molecule has 5 nitrogen and oxygen atoms in total. The van der Waals surface area contributed by atoms with Crippen LogP contribution in [0.2, 0.25) is 0 Å². The zero-order valence-electron chi connectivity index (χ0n) is 16.7. The highest BCUT2D eigenvalue weighted by atomic mass is 19.1. The highest BCUT2D eigenvalue weighted by molar-refractivity contribution is 6.00. The minimum Gasteiger partial charge on any atom is -0.457 e. The Bertz CT molecular complexity index is 826. The van der Waals surface area contributed by atoms with Gasteiger partial charge in [-0.25, -0.2) is 9.38 Å². The molecular formula is C22H28FN3O2. The van der Waals surface area contributed by atoms with E-state index in [-0.39, 0.29) is 11.7 Å². The van der Waals surface area contributed by atoms with Crippen molar-refractivity contribution in [1.29, 1.82) is 0 Å². The Labute approximate surface area is 165 Å². The SMILES string of the molecule is CC=C(C(N)=Nc1ccc(Oc2ccc(F)cc2)cc1)C(C)(O)NCC(C)C. The molecule has 1 unspecified atom stereocenters. The van der Waals surface area contributed by atoms with Gasteiger partial charge in [-0.2, -0.15) is 0 Å². The van der Waals surface area contributed by atoms with Crippen LogP contribution < -0.4 is 15.8 Å². The molecule has 0 saturated heterocycles. The average molecular weight is 385 g/mol. The first-order valence-corrected chi connectivity index (χ1v) is 9.23. The third-order valence-electron chi connectivity index (χ3n) is 4.08. The molecule has 28 heavy (non-hydrogen) atoms. The quantitative estimate of drug-likeness (QED) is 0.355. The van der Waals surface area contributed by atoms with Gasteiger partial charge in [0.2, 0.25) is 0 Å². The van der Waals surface area contributed by atoms with E-state index in [1.165, 1.54) is 12.1 Å². The minimum atomic E-state index is -1.28. The first-order valence-electron chi connectivity index (χ1n) is 9.23. The maximum Gasteiger partial charge on any atom is 0.142 e. The lowest BCUT2D eigenvalue weighted by molar-refractivity contribution is 0.0639. The molecule has 2 rings (SSSR count). The molecule has 0 amide bonds. The average Bonchev–Trinajstić information content (AvgIpc) is 2.64. The second-order valence-electron chi connectivity index (χ2n) is 7.10. The maximum absolute atomic E-state index is 13.0. The van der Waals surface area contributed by atoms with Gasteiger partial charge < -0.3 is 15.6 Å². The molecule has 0 heterocycles. The van der Waals surface area contributed by atoms with Crippen LogP contribution in [-0.2, 0) is 0 Å². The number of nitrogens with two attached hydrogens (primary N) is 1. The first kappa shape index (κ1) is 21.6. The zero-order chi connectivity index (χ0) is 20.7. The third kappa shape index (κ3) is 6.18. The zero-order valence-corrected chi connectivity index (χ0v) is 16.7. The number of rotatable bonds is 8. The smallest absolute Gasteiger partial charge is 0.142 e. The van der Waals surface area contributed by atoms with Gasteiger partial charge in [-0.3, -0.25) is 5.32 Å². The third-order valence-corrected chi connectivity index (χ3v) is 4.08. The molecule has 0 saturated carbocycles. The van der Waals surface area contributed by atoms with Crippen molar-refractivity contribution in [3.05, 3.63) is 66.0 Å². The molecule has 0 aromatic heterocycles. The number of ether oxygens (including phenoxy) is 1. The van der Waals surface area contributed by atoms with Gasteiger partial charge >= 0.3 is 0 Å². The van der Waals surface area contributed by atoms with Crippen LogP contribution in [0.1, 0.15) is 27.7 Å². The number of hydrogen-bond donors (Lipinski definition) is 3. The van der Waals surface area contributed by atoms with Gasteiger partial charge in [-0.05, 0) is 68.3 Å². The number of amidine groups is 1. The summed E-state index contributed by atoms with van der Waals surface area (Å²) in [6, 6.07) is 12.8. The van der Waals surface area contributed by atoms with Crippen LogP contribution in [0.15, 0.2) is 65.2 Å². The number of halogens is 1. The Kier molecular flexibility index (Phi) is 7.31. The summed E-state index contributed by atoms with van der Waals surface area (Å²) in [5.41, 5.74) is 6.01. The molecular weight excluding hydrogens is 357 g/mol. The van der Waals surface area contributed by atoms with Crippen molar-refractivity contribution < 1.29 is 14.2 Å². The van der Waals surface area contributed by atoms with Crippen LogP contribution in [0.25, 0.3) is 0 Å². The fourth-order valence-corrected chi connectivity index (χ4v) is 2.60. The second kappa shape index (κ2) is 9.48. The van der Waals surface area contributed by atoms with Crippen molar-refractivity contribution in [2.75, 3.05) is 6.54 Å². The molecule has 0 radical (unpaired) electrons. The van der Waals surface area contributed by atoms with Gasteiger partial charge in [0.1, 0.15) is 28.9 Å². The summed E-state index contributed by atoms with van der Waals surface area (Å²) in [6.07, 6.45) is 1.75. The van der Waals surface area contributed by atoms with E-state index in [4.69, 9.17) is 10.5 Å². The molecule has 2 aromatic carbocycles. The van der Waals surface area contributed by atoms with E-state index in [0.29, 0.717) is 35.2 Å². The summed E-state index contributed by atoms with van der Waals surface area (Å²) >= 11 is 0. The van der Waals surface area contributed by atoms with Crippen molar-refractivity contribution in [1.82, 2.24) is 5.32 Å². The van der Waals surface area contributed by atoms with E-state index in [1.807, 2.05) is 6.92 Å². The van der Waals surface area contributed by atoms with Gasteiger partial charge in [0.15, 0.2) is 0 Å². The lowest BCUT2D eigenvalue weighted by Gasteiger charge is -2.28. The summed E-state index contributed by atoms with van der Waals surface area (Å²) in [7, 11) is 0. The van der Waals surface area contributed by atoms with Gasteiger partial charge in [0.25, 0.3) is 0 Å². The minimum absolute atomic E-state index is 0.232. The van der Waals surface area contributed by atoms with E-state index < -0.39 is 5.72 Å². The van der Waals surface area contributed by atoms with Crippen LogP contribution in [0, 0.1) is 11.7 Å². The maximum atomic E-state index is 13.0. The monoisotopic (exact) mass is 385 g/mol. The number of nitrogens with one attached hydrogen (secondary N) is 1. The molecule has 0 aliphatic heterocycles. The molecule has 0 fully saturated rings. The number of hydrogen-bond acceptors (Lipinski definition) is 4. The lowest BCUT2D eigenvalue weighted by atomic mass is 10.0. The van der Waals surface area contributed by atoms with Crippen molar-refractivity contribution in [2.45, 2.75) is 33.4 Å². The van der Waals surface area contributed by atoms with Crippen molar-refractivity contribution >= 4 is 11.5 Å². The largest absolute Gasteiger partial charge is 0.457 e. The Morgan fingerprint density at radius 1 is 1.18 bits per heavy atom. The molecule has 4 N–H and O–H groups in total. The number of nitrogens with zero attached hydrogens (tertiary/aromatic N) is 1. The van der Waals surface area contributed by atoms with Crippen LogP contribution in [0.4, 0.5) is 10.1 Å². The van der Waals surface area contributed by atoms with Gasteiger partial charge in [-0.15, -0.1) is 0 Å². The molecule has 150 valence electrons. The number of allylic oxidation sites excluding steroid dienone is 1. The van der Waals surface area contributed by atoms with Gasteiger partial charge in [-0.1, -0.05) is 19.9 Å². The van der Waals surface area contributed by atoms with Crippen molar-refractivity contribution in [2.24, 2.45) is 16.6 Å². The summed E-state index contributed by atoms with van der Waals surface area (Å²) < 4.78 is 18.6. The second-order valence-corrected chi connectivity index (χ2v) is 7.10. The predicted octanol–water partition coefficient (Wildman–Crippen LogP) is 4.51. The fourth-order valence-electron chi connectivity index (χ4n) is 2.60. The Hall–Kier alpha value is -2.70. The van der Waals surface area contributed by atoms with Crippen LogP contribution >= 0.6 is 0 Å². The number of aliphatic imine (C=N–C) groups is 1. The molecule has 0 spiro atoms. The van der Waals surface area contributed by atoms with Crippen LogP contribution in [0.5, 0.6) is 11.5 Å². The summed E-state index contributed by atoms with van der Waals surface area (Å²) in [4.78, 5) is 4.40. The van der Waals surface area contributed by atoms with Crippen LogP contribution in [0.3, 0.4) is 0 Å². The van der Waals surface area contributed by atoms with Crippen molar-refractivity contribution in [3.63, 3.8) is 0 Å². The summed E-state index contributed by atoms with van der Waals surface area (Å²) in [5.74, 6) is 1.44. The highest BCUT2D eigenvalue weighted by Gasteiger charge is 2.27. The Morgan fingerprint density at radius 3 is 2.21 bits per heavy atom. The molecule has 2 aromatic rings. The molecule has 0 aliphatic carbocycles. The normalized spacial score (nSPS) is 14.8. The number of benzene rings is 2. The fraction of sp³-hybridized carbons (Fsp3) is 0.318. The standard InChI is InChI=1S/C22H28FN3O2/c1-5-20(22(4,27)25-14-15(2)3)21(24)26-17-8-12-19(13-9-17)28-18-10-6-16(23)7-11-18/h5-13,15,25,27H,14H2,1-4H3,(H2,24,26). The van der Waals surface area contributed by atoms with E-state index >= 15 is 0 Å². The molecule has 0 aliphatic rings. The van der Waals surface area contributed by atoms with E-state index in [1.54, 1.807) is 49.4 Å². The van der Waals surface area contributed by atoms with E-state index in [2.05, 4.69) is 24.2 Å². The highest BCUT2D eigenvalue weighted by Crippen LogP contribution is 2.25. The predicted molar refractivity (Wildman–Crippen MR) is 111 cm³/mol. The van der Waals surface area contributed by atoms with Gasteiger partial charge in [0, 0.05) is 12.1 Å². The topological polar surface area (TPSA) is 79.9 Å². The van der Waals surface area contributed by atoms with Crippen LogP contribution in [-0.4, -0.2) is 23.2 Å². The lowest BCUT2D eigenvalue weighted by Crippen LogP contribution is -2.48. The number of aliphatic hydroxyl groups is 1. The Balaban J connectivity index is 2.11. The first-order chi connectivity index (χ1) is 13.2. The summed E-state index contributed by atoms with van der Waals surface area (Å²) in [6.45, 7) is 8.24. The van der Waals surface area contributed by atoms with E-state index in [9.17, 15) is 9.50 Å². The van der Waals surface area contributed by atoms with Gasteiger partial charge in [0.05, 0.1) is 5.69 Å². The van der Waals surface area contributed by atoms with Crippen molar-refractivity contribution in [3.8, 4) is 11.5 Å². The van der Waals surface area contributed by atoms with E-state index in [0.717, 1.165) is 0 Å². The molecule has 0 bridgehead atoms.